The van der Waals surface area contributed by atoms with Gasteiger partial charge in [0.05, 0.1) is 30.4 Å². The van der Waals surface area contributed by atoms with Gasteiger partial charge >= 0.3 is 0 Å². The van der Waals surface area contributed by atoms with Crippen LogP contribution in [0.25, 0.3) is 16.5 Å². The highest BCUT2D eigenvalue weighted by atomic mass is 19.1. The molecule has 0 saturated carbocycles. The van der Waals surface area contributed by atoms with Crippen molar-refractivity contribution in [3.8, 4) is 17.2 Å². The Morgan fingerprint density at radius 3 is 2.49 bits per heavy atom. The second-order valence-electron chi connectivity index (χ2n) is 9.00. The van der Waals surface area contributed by atoms with Crippen molar-refractivity contribution in [3.63, 3.8) is 0 Å². The molecule has 0 N–H and O–H groups in total. The molecule has 186 valence electrons. The minimum Gasteiger partial charge on any atom is -0.493 e. The lowest BCUT2D eigenvalue weighted by molar-refractivity contribution is 0.0668. The maximum atomic E-state index is 13.8. The summed E-state index contributed by atoms with van der Waals surface area (Å²) in [4.78, 5) is 31.0. The fraction of sp³-hybridized carbons (Fsp3) is 0.407. The fourth-order valence-corrected chi connectivity index (χ4v) is 4.34. The Kier molecular flexibility index (Phi) is 7.28. The summed E-state index contributed by atoms with van der Waals surface area (Å²) in [5.41, 5.74) is 1.67. The number of carbonyl (C=O) groups excluding carboxylic acids is 1. The van der Waals surface area contributed by atoms with E-state index in [1.54, 1.807) is 23.2 Å². The molecule has 3 aromatic rings. The van der Waals surface area contributed by atoms with Crippen LogP contribution in [-0.2, 0) is 0 Å². The molecule has 1 aliphatic heterocycles. The number of alkyl halides is 1. The zero-order valence-corrected chi connectivity index (χ0v) is 20.7. The van der Waals surface area contributed by atoms with Gasteiger partial charge in [-0.2, -0.15) is 0 Å². The van der Waals surface area contributed by atoms with Gasteiger partial charge in [-0.3, -0.25) is 14.2 Å². The van der Waals surface area contributed by atoms with E-state index in [1.807, 2.05) is 50.2 Å². The minimum atomic E-state index is -0.892. The summed E-state index contributed by atoms with van der Waals surface area (Å²) in [6, 6.07) is 10.9. The topological polar surface area (TPSA) is 64.0 Å². The van der Waals surface area contributed by atoms with Crippen LogP contribution in [0.1, 0.15) is 36.5 Å². The molecule has 0 unspecified atom stereocenters. The lowest BCUT2D eigenvalue weighted by Crippen LogP contribution is -2.39. The van der Waals surface area contributed by atoms with Crippen LogP contribution in [-0.4, -0.2) is 62.4 Å². The van der Waals surface area contributed by atoms with Gasteiger partial charge in [-0.1, -0.05) is 13.0 Å². The lowest BCUT2D eigenvalue weighted by Gasteiger charge is -2.29. The fourth-order valence-electron chi connectivity index (χ4n) is 4.34. The number of carbonyl (C=O) groups is 1. The summed E-state index contributed by atoms with van der Waals surface area (Å²) in [6.07, 6.45) is 2.13. The predicted octanol–water partition coefficient (Wildman–Crippen LogP) is 4.43. The number of ether oxygens (including phenoxy) is 2. The van der Waals surface area contributed by atoms with Gasteiger partial charge in [0.1, 0.15) is 6.17 Å². The monoisotopic (exact) mass is 481 g/mol. The summed E-state index contributed by atoms with van der Waals surface area (Å²) in [5, 5.41) is 0.849. The number of aromatic nitrogens is 1. The van der Waals surface area contributed by atoms with Crippen LogP contribution in [0.5, 0.6) is 11.5 Å². The number of nitrogens with zero attached hydrogens (tertiary/aromatic N) is 3. The van der Waals surface area contributed by atoms with E-state index < -0.39 is 6.17 Å². The molecule has 1 fully saturated rings. The number of anilines is 1. The van der Waals surface area contributed by atoms with Gasteiger partial charge in [-0.15, -0.1) is 0 Å². The second kappa shape index (κ2) is 10.4. The molecule has 0 spiro atoms. The Morgan fingerprint density at radius 1 is 1.11 bits per heavy atom. The summed E-state index contributed by atoms with van der Waals surface area (Å²) in [5.74, 6) is 0.677. The number of hydrogen-bond donors (Lipinski definition) is 0. The standard InChI is InChI=1S/C27H32FN3O4/c1-5-13-35-25-15-21-22(16-24(25)34-4)27(33)31(20-8-6-7-19(14-20)29(2)3)17-23(21)26(32)30-11-9-18(28)10-12-30/h6-8,14-18H,5,9-13H2,1-4H3. The molecule has 7 nitrogen and oxygen atoms in total. The molecule has 2 heterocycles. The molecule has 0 aliphatic carbocycles. The average Bonchev–Trinajstić information content (AvgIpc) is 2.87. The van der Waals surface area contributed by atoms with E-state index >= 15 is 0 Å². The van der Waals surface area contributed by atoms with Crippen molar-refractivity contribution in [2.45, 2.75) is 32.4 Å². The third-order valence-corrected chi connectivity index (χ3v) is 6.33. The highest BCUT2D eigenvalue weighted by molar-refractivity contribution is 6.07. The minimum absolute atomic E-state index is 0.231. The number of likely N-dealkylation sites (tertiary alicyclic amines) is 1. The van der Waals surface area contributed by atoms with Gasteiger partial charge in [0.2, 0.25) is 0 Å². The van der Waals surface area contributed by atoms with Crippen molar-refractivity contribution in [1.82, 2.24) is 9.47 Å². The number of rotatable bonds is 7. The van der Waals surface area contributed by atoms with Crippen LogP contribution < -0.4 is 19.9 Å². The normalized spacial score (nSPS) is 14.3. The Labute approximate surface area is 204 Å². The number of amides is 1. The van der Waals surface area contributed by atoms with Crippen LogP contribution >= 0.6 is 0 Å². The molecule has 8 heteroatoms. The molecule has 4 rings (SSSR count). The second-order valence-corrected chi connectivity index (χ2v) is 9.00. The number of benzene rings is 2. The molecule has 1 aliphatic rings. The number of halogens is 1. The third-order valence-electron chi connectivity index (χ3n) is 6.33. The Balaban J connectivity index is 1.94. The van der Waals surface area contributed by atoms with E-state index in [9.17, 15) is 14.0 Å². The number of piperidine rings is 1. The summed E-state index contributed by atoms with van der Waals surface area (Å²) < 4.78 is 26.6. The maximum Gasteiger partial charge on any atom is 0.263 e. The van der Waals surface area contributed by atoms with Crippen molar-refractivity contribution in [2.24, 2.45) is 0 Å². The molecule has 2 aromatic carbocycles. The zero-order chi connectivity index (χ0) is 25.1. The zero-order valence-electron chi connectivity index (χ0n) is 20.7. The highest BCUT2D eigenvalue weighted by Crippen LogP contribution is 2.34. The van der Waals surface area contributed by atoms with E-state index in [-0.39, 0.29) is 11.5 Å². The number of pyridine rings is 1. The molecular weight excluding hydrogens is 449 g/mol. The van der Waals surface area contributed by atoms with Gasteiger partial charge in [-0.05, 0) is 49.6 Å². The first kappa shape index (κ1) is 24.6. The summed E-state index contributed by atoms with van der Waals surface area (Å²) in [6.45, 7) is 3.15. The van der Waals surface area contributed by atoms with Crippen molar-refractivity contribution in [2.75, 3.05) is 45.8 Å². The quantitative estimate of drug-likeness (QED) is 0.500. The van der Waals surface area contributed by atoms with Crippen LogP contribution in [0, 0.1) is 0 Å². The molecule has 1 aromatic heterocycles. The van der Waals surface area contributed by atoms with E-state index in [0.717, 1.165) is 12.1 Å². The molecule has 1 saturated heterocycles. The van der Waals surface area contributed by atoms with Crippen molar-refractivity contribution < 1.29 is 18.7 Å². The molecule has 35 heavy (non-hydrogen) atoms. The molecule has 1 amide bonds. The summed E-state index contributed by atoms with van der Waals surface area (Å²) >= 11 is 0. The molecule has 0 atom stereocenters. The Morgan fingerprint density at radius 2 is 1.83 bits per heavy atom. The molecule has 0 bridgehead atoms. The van der Waals surface area contributed by atoms with Crippen LogP contribution in [0.2, 0.25) is 0 Å². The number of hydrogen-bond acceptors (Lipinski definition) is 5. The number of methoxy groups -OCH3 is 1. The Bertz CT molecular complexity index is 1280. The highest BCUT2D eigenvalue weighted by Gasteiger charge is 2.26. The number of fused-ring (bicyclic) bond motifs is 1. The molecular formula is C27H32FN3O4. The van der Waals surface area contributed by atoms with E-state index in [0.29, 0.717) is 66.1 Å². The summed E-state index contributed by atoms with van der Waals surface area (Å²) in [7, 11) is 5.37. The average molecular weight is 482 g/mol. The van der Waals surface area contributed by atoms with Gasteiger partial charge in [0.15, 0.2) is 11.5 Å². The van der Waals surface area contributed by atoms with Crippen molar-refractivity contribution in [1.29, 1.82) is 0 Å². The molecule has 0 radical (unpaired) electrons. The smallest absolute Gasteiger partial charge is 0.263 e. The predicted molar refractivity (Wildman–Crippen MR) is 136 cm³/mol. The van der Waals surface area contributed by atoms with Gasteiger partial charge in [-0.25, -0.2) is 4.39 Å². The Hall–Kier alpha value is -3.55. The van der Waals surface area contributed by atoms with Gasteiger partial charge in [0, 0.05) is 44.5 Å². The van der Waals surface area contributed by atoms with Crippen molar-refractivity contribution in [3.05, 3.63) is 58.5 Å². The van der Waals surface area contributed by atoms with Crippen LogP contribution in [0.3, 0.4) is 0 Å². The van der Waals surface area contributed by atoms with E-state index in [1.165, 1.54) is 11.7 Å². The first-order valence-electron chi connectivity index (χ1n) is 11.9. The maximum absolute atomic E-state index is 13.8. The van der Waals surface area contributed by atoms with E-state index in [4.69, 9.17) is 9.47 Å². The van der Waals surface area contributed by atoms with Crippen molar-refractivity contribution >= 4 is 22.4 Å². The largest absolute Gasteiger partial charge is 0.493 e. The van der Waals surface area contributed by atoms with Crippen LogP contribution in [0.4, 0.5) is 10.1 Å². The van der Waals surface area contributed by atoms with Crippen LogP contribution in [0.15, 0.2) is 47.4 Å². The lowest BCUT2D eigenvalue weighted by atomic mass is 10.0. The first-order valence-corrected chi connectivity index (χ1v) is 11.9. The SMILES string of the molecule is CCCOc1cc2c(C(=O)N3CCC(F)CC3)cn(-c3cccc(N(C)C)c3)c(=O)c2cc1OC. The first-order chi connectivity index (χ1) is 16.8. The van der Waals surface area contributed by atoms with Gasteiger partial charge in [0.25, 0.3) is 11.5 Å². The van der Waals surface area contributed by atoms with Gasteiger partial charge < -0.3 is 19.3 Å². The third kappa shape index (κ3) is 4.97. The van der Waals surface area contributed by atoms with E-state index in [2.05, 4.69) is 0 Å².